The molecule has 0 saturated carbocycles. The molecule has 0 atom stereocenters. The first-order valence-electron chi connectivity index (χ1n) is 3.26. The Morgan fingerprint density at radius 2 is 2.70 bits per heavy atom. The molecule has 0 aromatic carbocycles. The van der Waals surface area contributed by atoms with Crippen molar-refractivity contribution in [3.05, 3.63) is 11.6 Å². The van der Waals surface area contributed by atoms with Crippen LogP contribution in [0.5, 0.6) is 0 Å². The molecule has 1 heterocycles. The molecule has 0 aromatic rings. The molecule has 3 nitrogen and oxygen atoms in total. The van der Waals surface area contributed by atoms with Gasteiger partial charge in [0.1, 0.15) is 0 Å². The molecule has 0 spiro atoms. The molecule has 0 fully saturated rings. The Morgan fingerprint density at radius 3 is 3.30 bits per heavy atom. The zero-order valence-corrected chi connectivity index (χ0v) is 6.56. The molecule has 56 valence electrons. The fraction of sp³-hybridized carbons (Fsp3) is 0.667. The quantitative estimate of drug-likeness (QED) is 0.495. The second kappa shape index (κ2) is 4.56. The van der Waals surface area contributed by atoms with Gasteiger partial charge in [0, 0.05) is 6.54 Å². The molecule has 10 heavy (non-hydrogen) atoms. The first kappa shape index (κ1) is 7.86. The lowest BCUT2D eigenvalue weighted by atomic mass is 10.1. The Morgan fingerprint density at radius 1 is 1.80 bits per heavy atom. The van der Waals surface area contributed by atoms with Gasteiger partial charge in [-0.15, -0.1) is 0 Å². The molecule has 1 rings (SSSR count). The molecule has 0 saturated heterocycles. The van der Waals surface area contributed by atoms with Crippen molar-refractivity contribution in [2.45, 2.75) is 6.42 Å². The molecule has 1 N–H and O–H groups in total. The SMILES string of the molecule is O=POCC1=CCNCC1. The third-order valence-electron chi connectivity index (χ3n) is 1.46. The Labute approximate surface area is 61.7 Å². The summed E-state index contributed by atoms with van der Waals surface area (Å²) in [4.78, 5) is 0. The normalized spacial score (nSPS) is 19.0. The first-order valence-corrected chi connectivity index (χ1v) is 4.00. The standard InChI is InChI=1S/C6H10NO2P/c8-10-9-5-6-1-3-7-4-2-6/h1,7H,2-5H2. The van der Waals surface area contributed by atoms with Crippen LogP contribution in [0.15, 0.2) is 11.6 Å². The molecule has 0 aliphatic carbocycles. The highest BCUT2D eigenvalue weighted by atomic mass is 31.1. The lowest BCUT2D eigenvalue weighted by molar-refractivity contribution is 0.368. The minimum Gasteiger partial charge on any atom is -0.313 e. The van der Waals surface area contributed by atoms with Crippen molar-refractivity contribution in [3.63, 3.8) is 0 Å². The third-order valence-corrected chi connectivity index (χ3v) is 1.70. The fourth-order valence-electron chi connectivity index (χ4n) is 0.910. The summed E-state index contributed by atoms with van der Waals surface area (Å²) in [6.07, 6.45) is 3.09. The smallest absolute Gasteiger partial charge is 0.313 e. The van der Waals surface area contributed by atoms with Gasteiger partial charge in [0.05, 0.1) is 6.61 Å². The Bertz CT molecular complexity index is 147. The maximum atomic E-state index is 9.88. The number of rotatable bonds is 3. The molecule has 0 amide bonds. The highest BCUT2D eigenvalue weighted by molar-refractivity contribution is 7.17. The van der Waals surface area contributed by atoms with E-state index >= 15 is 0 Å². The van der Waals surface area contributed by atoms with Crippen molar-refractivity contribution in [2.75, 3.05) is 19.7 Å². The lowest BCUT2D eigenvalue weighted by Crippen LogP contribution is -2.21. The average molecular weight is 159 g/mol. The van der Waals surface area contributed by atoms with Crippen molar-refractivity contribution in [3.8, 4) is 0 Å². The number of hydrogen-bond acceptors (Lipinski definition) is 3. The van der Waals surface area contributed by atoms with E-state index in [1.165, 1.54) is 5.57 Å². The molecule has 1 aliphatic heterocycles. The predicted molar refractivity (Wildman–Crippen MR) is 39.1 cm³/mol. The van der Waals surface area contributed by atoms with Crippen molar-refractivity contribution in [1.29, 1.82) is 0 Å². The number of nitrogens with one attached hydrogen (secondary N) is 1. The van der Waals surface area contributed by atoms with Gasteiger partial charge in [-0.2, -0.15) is 0 Å². The minimum absolute atomic E-state index is 0.223. The molecular weight excluding hydrogens is 149 g/mol. The molecule has 0 radical (unpaired) electrons. The van der Waals surface area contributed by atoms with Crippen molar-refractivity contribution in [2.24, 2.45) is 0 Å². The first-order chi connectivity index (χ1) is 4.93. The van der Waals surface area contributed by atoms with Gasteiger partial charge < -0.3 is 5.32 Å². The molecule has 4 heteroatoms. The maximum absolute atomic E-state index is 9.88. The minimum atomic E-state index is -0.223. The summed E-state index contributed by atoms with van der Waals surface area (Å²) >= 11 is 0. The molecule has 0 aromatic heterocycles. The van der Waals surface area contributed by atoms with Crippen molar-refractivity contribution < 1.29 is 9.09 Å². The van der Waals surface area contributed by atoms with E-state index in [9.17, 15) is 4.57 Å². The van der Waals surface area contributed by atoms with Gasteiger partial charge in [0.15, 0.2) is 0 Å². The van der Waals surface area contributed by atoms with Crippen LogP contribution in [0.4, 0.5) is 0 Å². The van der Waals surface area contributed by atoms with E-state index in [0.717, 1.165) is 19.5 Å². The topological polar surface area (TPSA) is 38.3 Å². The highest BCUT2D eigenvalue weighted by Crippen LogP contribution is 2.07. The summed E-state index contributed by atoms with van der Waals surface area (Å²) in [5.41, 5.74) is 1.24. The summed E-state index contributed by atoms with van der Waals surface area (Å²) in [7, 11) is -0.223. The van der Waals surface area contributed by atoms with Gasteiger partial charge in [0.2, 0.25) is 0 Å². The van der Waals surface area contributed by atoms with Crippen molar-refractivity contribution >= 4 is 8.69 Å². The molecule has 1 aliphatic rings. The van der Waals surface area contributed by atoms with Crippen LogP contribution >= 0.6 is 8.69 Å². The van der Waals surface area contributed by atoms with E-state index < -0.39 is 0 Å². The van der Waals surface area contributed by atoms with Gasteiger partial charge in [-0.3, -0.25) is 4.52 Å². The maximum Gasteiger partial charge on any atom is 0.327 e. The molecule has 0 unspecified atom stereocenters. The van der Waals surface area contributed by atoms with E-state index in [1.54, 1.807) is 0 Å². The van der Waals surface area contributed by atoms with E-state index in [4.69, 9.17) is 4.52 Å². The van der Waals surface area contributed by atoms with Crippen LogP contribution in [0.2, 0.25) is 0 Å². The largest absolute Gasteiger partial charge is 0.327 e. The molecular formula is C6H10NO2P. The van der Waals surface area contributed by atoms with Crippen LogP contribution in [-0.4, -0.2) is 19.7 Å². The second-order valence-electron chi connectivity index (χ2n) is 2.16. The zero-order chi connectivity index (χ0) is 7.23. The fourth-order valence-corrected chi connectivity index (χ4v) is 1.13. The van der Waals surface area contributed by atoms with E-state index in [0.29, 0.717) is 6.61 Å². The zero-order valence-electron chi connectivity index (χ0n) is 5.67. The second-order valence-corrected chi connectivity index (χ2v) is 2.57. The summed E-state index contributed by atoms with van der Waals surface area (Å²) in [6, 6.07) is 0. The highest BCUT2D eigenvalue weighted by Gasteiger charge is 2.01. The Kier molecular flexibility index (Phi) is 3.58. The van der Waals surface area contributed by atoms with E-state index in [2.05, 4.69) is 11.4 Å². The summed E-state index contributed by atoms with van der Waals surface area (Å²) < 4.78 is 14.6. The van der Waals surface area contributed by atoms with Crippen LogP contribution < -0.4 is 5.32 Å². The third kappa shape index (κ3) is 2.56. The van der Waals surface area contributed by atoms with Crippen LogP contribution in [-0.2, 0) is 9.09 Å². The van der Waals surface area contributed by atoms with Gasteiger partial charge in [-0.25, -0.2) is 4.57 Å². The van der Waals surface area contributed by atoms with E-state index in [1.807, 2.05) is 0 Å². The summed E-state index contributed by atoms with van der Waals surface area (Å²) in [5.74, 6) is 0. The van der Waals surface area contributed by atoms with Crippen LogP contribution in [0, 0.1) is 0 Å². The van der Waals surface area contributed by atoms with Crippen LogP contribution in [0.1, 0.15) is 6.42 Å². The van der Waals surface area contributed by atoms with Gasteiger partial charge in [0.25, 0.3) is 0 Å². The van der Waals surface area contributed by atoms with Gasteiger partial charge >= 0.3 is 8.69 Å². The van der Waals surface area contributed by atoms with Crippen LogP contribution in [0.25, 0.3) is 0 Å². The van der Waals surface area contributed by atoms with Crippen molar-refractivity contribution in [1.82, 2.24) is 5.32 Å². The average Bonchev–Trinajstić information content (AvgIpc) is 2.03. The lowest BCUT2D eigenvalue weighted by Gasteiger charge is -2.11. The van der Waals surface area contributed by atoms with E-state index in [-0.39, 0.29) is 8.69 Å². The monoisotopic (exact) mass is 159 g/mol. The molecule has 0 bridgehead atoms. The Hall–Kier alpha value is -0.240. The van der Waals surface area contributed by atoms with Gasteiger partial charge in [-0.1, -0.05) is 6.08 Å². The summed E-state index contributed by atoms with van der Waals surface area (Å²) in [5, 5.41) is 3.18. The predicted octanol–water partition coefficient (Wildman–Crippen LogP) is 1.13. The van der Waals surface area contributed by atoms with Crippen LogP contribution in [0.3, 0.4) is 0 Å². The summed E-state index contributed by atoms with van der Waals surface area (Å²) in [6.45, 7) is 2.42. The number of hydrogen-bond donors (Lipinski definition) is 1. The Balaban J connectivity index is 2.24. The van der Waals surface area contributed by atoms with Gasteiger partial charge in [-0.05, 0) is 18.5 Å².